The Morgan fingerprint density at radius 1 is 1.31 bits per heavy atom. The fraction of sp³-hybridized carbons (Fsp3) is 1.00. The topological polar surface area (TPSA) is 40.5 Å². The Kier molecular flexibility index (Phi) is 1.67. The lowest BCUT2D eigenvalue weighted by molar-refractivity contribution is -0.119. The molecule has 0 spiro atoms. The van der Waals surface area contributed by atoms with Gasteiger partial charge in [-0.15, -0.1) is 0 Å². The normalized spacial score (nSPS) is 52.8. The standard InChI is InChI=1S/C11H20O2/c1-9(2)8-4-5-10(9,3)11(13,6-8)7-12/h8,12-13H,4-7H2,1-3H3/t8-,10-,11-/m0/s1. The van der Waals surface area contributed by atoms with Gasteiger partial charge in [-0.3, -0.25) is 0 Å². The Hall–Kier alpha value is -0.0800. The molecule has 0 unspecified atom stereocenters. The summed E-state index contributed by atoms with van der Waals surface area (Å²) in [5.41, 5.74) is -0.719. The highest BCUT2D eigenvalue weighted by Crippen LogP contribution is 2.69. The molecule has 0 radical (unpaired) electrons. The molecule has 2 nitrogen and oxygen atoms in total. The second-order valence-electron chi connectivity index (χ2n) is 5.68. The van der Waals surface area contributed by atoms with E-state index in [2.05, 4.69) is 20.8 Å². The molecule has 2 saturated carbocycles. The molecule has 13 heavy (non-hydrogen) atoms. The molecule has 2 aliphatic rings. The van der Waals surface area contributed by atoms with Gasteiger partial charge in [-0.2, -0.15) is 0 Å². The summed E-state index contributed by atoms with van der Waals surface area (Å²) in [5.74, 6) is 0.592. The maximum atomic E-state index is 10.3. The van der Waals surface area contributed by atoms with Gasteiger partial charge in [0, 0.05) is 5.41 Å². The van der Waals surface area contributed by atoms with Gasteiger partial charge in [0.15, 0.2) is 0 Å². The Morgan fingerprint density at radius 2 is 1.92 bits per heavy atom. The Labute approximate surface area is 80.0 Å². The molecule has 0 aliphatic heterocycles. The first kappa shape index (κ1) is 9.47. The quantitative estimate of drug-likeness (QED) is 0.649. The third-order valence-electron chi connectivity index (χ3n) is 5.31. The average molecular weight is 184 g/mol. The van der Waals surface area contributed by atoms with E-state index in [0.29, 0.717) is 5.92 Å². The van der Waals surface area contributed by atoms with Crippen molar-refractivity contribution in [3.8, 4) is 0 Å². The molecular weight excluding hydrogens is 164 g/mol. The molecule has 0 saturated heterocycles. The van der Waals surface area contributed by atoms with Gasteiger partial charge in [0.1, 0.15) is 0 Å². The molecule has 0 aromatic heterocycles. The van der Waals surface area contributed by atoms with Crippen LogP contribution in [0.2, 0.25) is 0 Å². The molecule has 2 N–H and O–H groups in total. The Bertz CT molecular complexity index is 236. The predicted molar refractivity (Wildman–Crippen MR) is 51.3 cm³/mol. The summed E-state index contributed by atoms with van der Waals surface area (Å²) in [6, 6.07) is 0. The first-order valence-electron chi connectivity index (χ1n) is 5.21. The van der Waals surface area contributed by atoms with E-state index in [1.54, 1.807) is 0 Å². The van der Waals surface area contributed by atoms with Gasteiger partial charge in [-0.05, 0) is 30.6 Å². The van der Waals surface area contributed by atoms with Crippen LogP contribution < -0.4 is 0 Å². The number of hydrogen-bond acceptors (Lipinski definition) is 2. The third-order valence-corrected chi connectivity index (χ3v) is 5.31. The zero-order chi connectivity index (χ0) is 9.91. The fourth-order valence-electron chi connectivity index (χ4n) is 3.66. The largest absolute Gasteiger partial charge is 0.393 e. The molecule has 0 aromatic carbocycles. The van der Waals surface area contributed by atoms with Gasteiger partial charge >= 0.3 is 0 Å². The maximum absolute atomic E-state index is 10.3. The minimum absolute atomic E-state index is 0.0799. The second kappa shape index (κ2) is 2.29. The average Bonchev–Trinajstić information content (AvgIpc) is 2.36. The first-order chi connectivity index (χ1) is 5.87. The van der Waals surface area contributed by atoms with Crippen LogP contribution in [0.5, 0.6) is 0 Å². The van der Waals surface area contributed by atoms with Crippen LogP contribution >= 0.6 is 0 Å². The minimum Gasteiger partial charge on any atom is -0.393 e. The van der Waals surface area contributed by atoms with Gasteiger partial charge in [-0.1, -0.05) is 20.8 Å². The van der Waals surface area contributed by atoms with Crippen molar-refractivity contribution in [1.82, 2.24) is 0 Å². The molecule has 76 valence electrons. The third kappa shape index (κ3) is 0.816. The number of fused-ring (bicyclic) bond motifs is 2. The molecule has 0 amide bonds. The van der Waals surface area contributed by atoms with Crippen molar-refractivity contribution in [1.29, 1.82) is 0 Å². The highest BCUT2D eigenvalue weighted by Gasteiger charge is 2.68. The van der Waals surface area contributed by atoms with Gasteiger partial charge in [0.25, 0.3) is 0 Å². The number of hydrogen-bond donors (Lipinski definition) is 2. The highest BCUT2D eigenvalue weighted by molar-refractivity contribution is 5.17. The number of aliphatic hydroxyl groups is 2. The lowest BCUT2D eigenvalue weighted by atomic mass is 9.65. The zero-order valence-corrected chi connectivity index (χ0v) is 8.80. The van der Waals surface area contributed by atoms with Crippen molar-refractivity contribution in [2.75, 3.05) is 6.61 Å². The minimum atomic E-state index is -0.820. The second-order valence-corrected chi connectivity index (χ2v) is 5.68. The summed E-state index contributed by atoms with van der Waals surface area (Å²) in [4.78, 5) is 0. The molecule has 2 rings (SSSR count). The molecule has 3 atom stereocenters. The molecule has 2 bridgehead atoms. The lowest BCUT2D eigenvalue weighted by Crippen LogP contribution is -2.49. The molecule has 0 heterocycles. The van der Waals surface area contributed by atoms with Crippen LogP contribution in [-0.2, 0) is 0 Å². The first-order valence-corrected chi connectivity index (χ1v) is 5.21. The highest BCUT2D eigenvalue weighted by atomic mass is 16.3. The fourth-order valence-corrected chi connectivity index (χ4v) is 3.66. The van der Waals surface area contributed by atoms with Crippen molar-refractivity contribution < 1.29 is 10.2 Å². The van der Waals surface area contributed by atoms with Crippen molar-refractivity contribution in [3.05, 3.63) is 0 Å². The lowest BCUT2D eigenvalue weighted by Gasteiger charge is -2.44. The van der Waals surface area contributed by atoms with Crippen molar-refractivity contribution in [2.45, 2.75) is 45.6 Å². The Balaban J connectivity index is 2.44. The summed E-state index contributed by atoms with van der Waals surface area (Å²) in [6.45, 7) is 6.52. The number of rotatable bonds is 1. The smallest absolute Gasteiger partial charge is 0.0938 e. The van der Waals surface area contributed by atoms with Gasteiger partial charge in [0.05, 0.1) is 12.2 Å². The SMILES string of the molecule is CC1(C)[C@H]2CC[C@]1(C)[C@@](O)(CO)C2. The van der Waals surface area contributed by atoms with Crippen LogP contribution in [0.15, 0.2) is 0 Å². The van der Waals surface area contributed by atoms with Crippen molar-refractivity contribution >= 4 is 0 Å². The van der Waals surface area contributed by atoms with Gasteiger partial charge in [-0.25, -0.2) is 0 Å². The monoisotopic (exact) mass is 184 g/mol. The van der Waals surface area contributed by atoms with E-state index in [-0.39, 0.29) is 17.4 Å². The predicted octanol–water partition coefficient (Wildman–Crippen LogP) is 1.56. The molecule has 2 heteroatoms. The van der Waals surface area contributed by atoms with Gasteiger partial charge in [0.2, 0.25) is 0 Å². The molecule has 2 fully saturated rings. The summed E-state index contributed by atoms with van der Waals surface area (Å²) in [5, 5.41) is 19.6. The van der Waals surface area contributed by atoms with Crippen molar-refractivity contribution in [3.63, 3.8) is 0 Å². The van der Waals surface area contributed by atoms with Crippen LogP contribution in [0.4, 0.5) is 0 Å². The van der Waals surface area contributed by atoms with Crippen LogP contribution in [0.1, 0.15) is 40.0 Å². The zero-order valence-electron chi connectivity index (χ0n) is 8.80. The molecule has 0 aromatic rings. The van der Waals surface area contributed by atoms with Gasteiger partial charge < -0.3 is 10.2 Å². The summed E-state index contributed by atoms with van der Waals surface area (Å²) in [6.07, 6.45) is 3.06. The Morgan fingerprint density at radius 3 is 2.15 bits per heavy atom. The van der Waals surface area contributed by atoms with E-state index in [0.717, 1.165) is 12.8 Å². The maximum Gasteiger partial charge on any atom is 0.0938 e. The van der Waals surface area contributed by atoms with Crippen LogP contribution in [0, 0.1) is 16.7 Å². The number of aliphatic hydroxyl groups excluding tert-OH is 1. The van der Waals surface area contributed by atoms with E-state index in [9.17, 15) is 10.2 Å². The van der Waals surface area contributed by atoms with Crippen molar-refractivity contribution in [2.24, 2.45) is 16.7 Å². The molecular formula is C11H20O2. The summed E-state index contributed by atoms with van der Waals surface area (Å²) >= 11 is 0. The van der Waals surface area contributed by atoms with Crippen LogP contribution in [-0.4, -0.2) is 22.4 Å². The van der Waals surface area contributed by atoms with E-state index in [1.165, 1.54) is 6.42 Å². The van der Waals surface area contributed by atoms with E-state index in [4.69, 9.17) is 0 Å². The molecule has 2 aliphatic carbocycles. The van der Waals surface area contributed by atoms with Crippen LogP contribution in [0.3, 0.4) is 0 Å². The van der Waals surface area contributed by atoms with E-state index < -0.39 is 5.60 Å². The summed E-state index contributed by atoms with van der Waals surface area (Å²) < 4.78 is 0. The van der Waals surface area contributed by atoms with Crippen LogP contribution in [0.25, 0.3) is 0 Å². The van der Waals surface area contributed by atoms with E-state index in [1.807, 2.05) is 0 Å². The summed E-state index contributed by atoms with van der Waals surface area (Å²) in [7, 11) is 0. The van der Waals surface area contributed by atoms with E-state index >= 15 is 0 Å².